The number of hydrogen-bond acceptors (Lipinski definition) is 2. The number of imidazole rings is 1. The smallest absolute Gasteiger partial charge is 0.195 e. The molecule has 0 aliphatic carbocycles. The first-order valence-corrected chi connectivity index (χ1v) is 5.43. The minimum Gasteiger partial charge on any atom is -0.324 e. The Morgan fingerprint density at radius 1 is 1.47 bits per heavy atom. The molecule has 1 heterocycles. The number of rotatable bonds is 1. The number of carbonyl (C=O) groups is 1. The summed E-state index contributed by atoms with van der Waals surface area (Å²) in [5, 5.41) is 0. The van der Waals surface area contributed by atoms with Crippen LogP contribution in [-0.4, -0.2) is 15.3 Å². The molecule has 0 atom stereocenters. The van der Waals surface area contributed by atoms with E-state index in [0.29, 0.717) is 5.82 Å². The molecule has 0 aliphatic rings. The highest BCUT2D eigenvalue weighted by atomic mass is 79.9. The van der Waals surface area contributed by atoms with Crippen LogP contribution in [0.2, 0.25) is 0 Å². The molecular weight excluding hydrogens is 256 g/mol. The summed E-state index contributed by atoms with van der Waals surface area (Å²) in [4.78, 5) is 15.7. The fourth-order valence-corrected chi connectivity index (χ4v) is 2.57. The highest BCUT2D eigenvalue weighted by Crippen LogP contribution is 2.26. The lowest BCUT2D eigenvalue weighted by atomic mass is 10.2. The summed E-state index contributed by atoms with van der Waals surface area (Å²) < 4.78 is 2.79. The van der Waals surface area contributed by atoms with Gasteiger partial charge < -0.3 is 4.57 Å². The largest absolute Gasteiger partial charge is 0.324 e. The molecule has 0 radical (unpaired) electrons. The number of fused-ring (bicyclic) bond motifs is 1. The third-order valence-electron chi connectivity index (χ3n) is 2.38. The van der Waals surface area contributed by atoms with E-state index in [1.807, 2.05) is 30.7 Å². The Morgan fingerprint density at radius 2 is 2.13 bits per heavy atom. The van der Waals surface area contributed by atoms with Crippen molar-refractivity contribution >= 4 is 32.7 Å². The van der Waals surface area contributed by atoms with Crippen LogP contribution in [0.3, 0.4) is 0 Å². The molecule has 1 aromatic heterocycles. The fraction of sp³-hybridized carbons (Fsp3) is 0.273. The zero-order valence-corrected chi connectivity index (χ0v) is 10.4. The van der Waals surface area contributed by atoms with Gasteiger partial charge >= 0.3 is 0 Å². The maximum Gasteiger partial charge on any atom is 0.195 e. The van der Waals surface area contributed by atoms with Crippen LogP contribution in [0, 0.1) is 6.92 Å². The Labute approximate surface area is 96.2 Å². The second kappa shape index (κ2) is 3.45. The van der Waals surface area contributed by atoms with Gasteiger partial charge in [-0.05, 0) is 40.5 Å². The lowest BCUT2D eigenvalue weighted by Crippen LogP contribution is -2.02. The van der Waals surface area contributed by atoms with Crippen LogP contribution in [0.1, 0.15) is 23.1 Å². The lowest BCUT2D eigenvalue weighted by molar-refractivity contribution is 0.100. The van der Waals surface area contributed by atoms with Crippen molar-refractivity contribution in [3.05, 3.63) is 28.0 Å². The molecule has 0 fully saturated rings. The third kappa shape index (κ3) is 1.59. The van der Waals surface area contributed by atoms with Crippen molar-refractivity contribution in [2.45, 2.75) is 13.8 Å². The predicted molar refractivity (Wildman–Crippen MR) is 63.2 cm³/mol. The van der Waals surface area contributed by atoms with Crippen LogP contribution in [0.25, 0.3) is 11.0 Å². The van der Waals surface area contributed by atoms with E-state index < -0.39 is 0 Å². The van der Waals surface area contributed by atoms with Crippen molar-refractivity contribution in [3.63, 3.8) is 0 Å². The average Bonchev–Trinajstić information content (AvgIpc) is 2.42. The maximum atomic E-state index is 11.3. The molecule has 0 amide bonds. The Kier molecular flexibility index (Phi) is 2.38. The number of ketones is 1. The van der Waals surface area contributed by atoms with E-state index in [1.165, 1.54) is 6.92 Å². The van der Waals surface area contributed by atoms with Gasteiger partial charge in [-0.3, -0.25) is 4.79 Å². The molecule has 1 aromatic carbocycles. The van der Waals surface area contributed by atoms with Gasteiger partial charge in [0.05, 0.1) is 11.0 Å². The first-order valence-electron chi connectivity index (χ1n) is 4.64. The maximum absolute atomic E-state index is 11.3. The van der Waals surface area contributed by atoms with Gasteiger partial charge in [-0.1, -0.05) is 0 Å². The summed E-state index contributed by atoms with van der Waals surface area (Å²) in [6.07, 6.45) is 0. The summed E-state index contributed by atoms with van der Waals surface area (Å²) in [5.41, 5.74) is 2.95. The monoisotopic (exact) mass is 266 g/mol. The van der Waals surface area contributed by atoms with Crippen molar-refractivity contribution in [2.24, 2.45) is 7.05 Å². The molecule has 78 valence electrons. The molecule has 0 saturated carbocycles. The van der Waals surface area contributed by atoms with E-state index in [0.717, 1.165) is 21.1 Å². The second-order valence-corrected chi connectivity index (χ2v) is 4.52. The molecular formula is C11H11BrN2O. The Hall–Kier alpha value is -1.16. The van der Waals surface area contributed by atoms with Gasteiger partial charge in [0.2, 0.25) is 0 Å². The van der Waals surface area contributed by atoms with Crippen molar-refractivity contribution in [1.82, 2.24) is 9.55 Å². The topological polar surface area (TPSA) is 34.9 Å². The number of Topliss-reactive ketones (excluding diaryl/α,β-unsaturated/α-hetero) is 1. The Morgan fingerprint density at radius 3 is 2.73 bits per heavy atom. The van der Waals surface area contributed by atoms with E-state index >= 15 is 0 Å². The van der Waals surface area contributed by atoms with E-state index in [4.69, 9.17) is 0 Å². The van der Waals surface area contributed by atoms with Crippen molar-refractivity contribution < 1.29 is 4.79 Å². The fourth-order valence-electron chi connectivity index (χ4n) is 1.74. The van der Waals surface area contributed by atoms with Gasteiger partial charge in [0.25, 0.3) is 0 Å². The SMILES string of the molecule is CC(=O)c1nc2cc(C)cc(Br)c2n1C. The number of halogens is 1. The highest BCUT2D eigenvalue weighted by molar-refractivity contribution is 9.10. The van der Waals surface area contributed by atoms with E-state index in [9.17, 15) is 4.79 Å². The summed E-state index contributed by atoms with van der Waals surface area (Å²) in [5.74, 6) is 0.481. The van der Waals surface area contributed by atoms with Gasteiger partial charge in [-0.2, -0.15) is 0 Å². The minimum absolute atomic E-state index is 0.0155. The molecule has 0 unspecified atom stereocenters. The standard InChI is InChI=1S/C11H11BrN2O/c1-6-4-8(12)10-9(5-6)13-11(7(2)15)14(10)3/h4-5H,1-3H3. The summed E-state index contributed by atoms with van der Waals surface area (Å²) in [7, 11) is 1.85. The van der Waals surface area contributed by atoms with Gasteiger partial charge in [-0.25, -0.2) is 4.98 Å². The molecule has 0 aliphatic heterocycles. The molecule has 2 rings (SSSR count). The molecule has 0 spiro atoms. The molecule has 0 bridgehead atoms. The number of carbonyl (C=O) groups excluding carboxylic acids is 1. The van der Waals surface area contributed by atoms with Crippen LogP contribution >= 0.6 is 15.9 Å². The van der Waals surface area contributed by atoms with Crippen LogP contribution in [0.15, 0.2) is 16.6 Å². The quantitative estimate of drug-likeness (QED) is 0.744. The number of benzene rings is 1. The lowest BCUT2D eigenvalue weighted by Gasteiger charge is -2.00. The van der Waals surface area contributed by atoms with E-state index in [2.05, 4.69) is 20.9 Å². The van der Waals surface area contributed by atoms with E-state index in [1.54, 1.807) is 0 Å². The van der Waals surface area contributed by atoms with Crippen LogP contribution in [0.4, 0.5) is 0 Å². The van der Waals surface area contributed by atoms with Gasteiger partial charge in [0.1, 0.15) is 0 Å². The van der Waals surface area contributed by atoms with Crippen LogP contribution < -0.4 is 0 Å². The normalized spacial score (nSPS) is 10.9. The van der Waals surface area contributed by atoms with Gasteiger partial charge in [0.15, 0.2) is 11.6 Å². The van der Waals surface area contributed by atoms with Crippen molar-refractivity contribution in [2.75, 3.05) is 0 Å². The summed E-state index contributed by atoms with van der Waals surface area (Å²) >= 11 is 3.49. The van der Waals surface area contributed by atoms with Gasteiger partial charge in [-0.15, -0.1) is 0 Å². The third-order valence-corrected chi connectivity index (χ3v) is 2.99. The zero-order chi connectivity index (χ0) is 11.2. The molecule has 0 saturated heterocycles. The predicted octanol–water partition coefficient (Wildman–Crippen LogP) is 2.85. The van der Waals surface area contributed by atoms with Gasteiger partial charge in [0, 0.05) is 18.4 Å². The first-order chi connectivity index (χ1) is 7.00. The van der Waals surface area contributed by atoms with E-state index in [-0.39, 0.29) is 5.78 Å². The molecule has 3 nitrogen and oxygen atoms in total. The average molecular weight is 267 g/mol. The second-order valence-electron chi connectivity index (χ2n) is 3.67. The number of hydrogen-bond donors (Lipinski definition) is 0. The highest BCUT2D eigenvalue weighted by Gasteiger charge is 2.13. The first kappa shape index (κ1) is 10.4. The summed E-state index contributed by atoms with van der Waals surface area (Å²) in [6, 6.07) is 4.00. The van der Waals surface area contributed by atoms with Crippen LogP contribution in [-0.2, 0) is 7.05 Å². The number of aryl methyl sites for hydroxylation is 2. The minimum atomic E-state index is -0.0155. The molecule has 2 aromatic rings. The molecule has 15 heavy (non-hydrogen) atoms. The molecule has 4 heteroatoms. The van der Waals surface area contributed by atoms with Crippen molar-refractivity contribution in [1.29, 1.82) is 0 Å². The molecule has 0 N–H and O–H groups in total. The number of aromatic nitrogens is 2. The van der Waals surface area contributed by atoms with Crippen molar-refractivity contribution in [3.8, 4) is 0 Å². The summed E-state index contributed by atoms with van der Waals surface area (Å²) in [6.45, 7) is 3.54. The Bertz CT molecular complexity index is 557. The Balaban J connectivity index is 2.88. The number of nitrogens with zero attached hydrogens (tertiary/aromatic N) is 2. The zero-order valence-electron chi connectivity index (χ0n) is 8.84. The van der Waals surface area contributed by atoms with Crippen LogP contribution in [0.5, 0.6) is 0 Å².